The van der Waals surface area contributed by atoms with E-state index in [1.165, 1.54) is 19.3 Å². The van der Waals surface area contributed by atoms with Gasteiger partial charge in [0.25, 0.3) is 0 Å². The number of rotatable bonds is 6. The molecule has 122 valence electrons. The SMILES string of the molecule is COc1ccccc1OCCNC(=O)N[C@H]1CCCC[C@H]1C. The van der Waals surface area contributed by atoms with Crippen molar-refractivity contribution in [2.45, 2.75) is 38.6 Å². The zero-order chi connectivity index (χ0) is 15.8. The summed E-state index contributed by atoms with van der Waals surface area (Å²) in [6.45, 7) is 3.08. The number of nitrogens with one attached hydrogen (secondary N) is 2. The number of carbonyl (C=O) groups excluding carboxylic acids is 1. The van der Waals surface area contributed by atoms with Crippen molar-refractivity contribution in [1.82, 2.24) is 10.6 Å². The normalized spacial score (nSPS) is 21.0. The van der Waals surface area contributed by atoms with Crippen LogP contribution in [-0.2, 0) is 0 Å². The van der Waals surface area contributed by atoms with E-state index in [2.05, 4.69) is 17.6 Å². The first-order valence-corrected chi connectivity index (χ1v) is 8.01. The molecule has 0 aromatic heterocycles. The Hall–Kier alpha value is -1.91. The van der Waals surface area contributed by atoms with E-state index < -0.39 is 0 Å². The van der Waals surface area contributed by atoms with Gasteiger partial charge in [0.2, 0.25) is 0 Å². The third-order valence-corrected chi connectivity index (χ3v) is 4.14. The highest BCUT2D eigenvalue weighted by Crippen LogP contribution is 2.25. The highest BCUT2D eigenvalue weighted by Gasteiger charge is 2.22. The first kappa shape index (κ1) is 16.5. The van der Waals surface area contributed by atoms with Crippen LogP contribution in [0.5, 0.6) is 11.5 Å². The van der Waals surface area contributed by atoms with E-state index in [1.807, 2.05) is 24.3 Å². The summed E-state index contributed by atoms with van der Waals surface area (Å²) < 4.78 is 10.8. The Bertz CT molecular complexity index is 479. The van der Waals surface area contributed by atoms with Gasteiger partial charge in [0, 0.05) is 6.04 Å². The van der Waals surface area contributed by atoms with Crippen molar-refractivity contribution in [1.29, 1.82) is 0 Å². The monoisotopic (exact) mass is 306 g/mol. The van der Waals surface area contributed by atoms with Crippen LogP contribution in [0.3, 0.4) is 0 Å². The van der Waals surface area contributed by atoms with Crippen LogP contribution in [0, 0.1) is 5.92 Å². The largest absolute Gasteiger partial charge is 0.493 e. The molecule has 5 nitrogen and oxygen atoms in total. The number of benzene rings is 1. The van der Waals surface area contributed by atoms with Crippen molar-refractivity contribution in [3.8, 4) is 11.5 Å². The molecule has 5 heteroatoms. The number of urea groups is 1. The first-order chi connectivity index (χ1) is 10.7. The lowest BCUT2D eigenvalue weighted by atomic mass is 9.86. The lowest BCUT2D eigenvalue weighted by Crippen LogP contribution is -2.46. The molecule has 2 amide bonds. The molecule has 2 rings (SSSR count). The standard InChI is InChI=1S/C17H26N2O3/c1-13-7-3-4-8-14(13)19-17(20)18-11-12-22-16-10-6-5-9-15(16)21-2/h5-6,9-10,13-14H,3-4,7-8,11-12H2,1-2H3,(H2,18,19,20)/t13-,14+/m1/s1. The zero-order valence-corrected chi connectivity index (χ0v) is 13.4. The van der Waals surface area contributed by atoms with E-state index in [-0.39, 0.29) is 6.03 Å². The van der Waals surface area contributed by atoms with E-state index in [4.69, 9.17) is 9.47 Å². The average molecular weight is 306 g/mol. The van der Waals surface area contributed by atoms with Gasteiger partial charge in [-0.25, -0.2) is 4.79 Å². The smallest absolute Gasteiger partial charge is 0.315 e. The lowest BCUT2D eigenvalue weighted by molar-refractivity contribution is 0.218. The molecular weight excluding hydrogens is 280 g/mol. The number of para-hydroxylation sites is 2. The zero-order valence-electron chi connectivity index (χ0n) is 13.4. The van der Waals surface area contributed by atoms with Crippen LogP contribution in [0.2, 0.25) is 0 Å². The van der Waals surface area contributed by atoms with Crippen molar-refractivity contribution < 1.29 is 14.3 Å². The quantitative estimate of drug-likeness (QED) is 0.794. The molecule has 1 aromatic rings. The summed E-state index contributed by atoms with van der Waals surface area (Å²) in [5, 5.41) is 5.90. The number of hydrogen-bond donors (Lipinski definition) is 2. The Morgan fingerprint density at radius 3 is 2.68 bits per heavy atom. The van der Waals surface area contributed by atoms with Crippen LogP contribution >= 0.6 is 0 Å². The molecule has 22 heavy (non-hydrogen) atoms. The van der Waals surface area contributed by atoms with Crippen LogP contribution in [0.4, 0.5) is 4.79 Å². The van der Waals surface area contributed by atoms with E-state index in [1.54, 1.807) is 7.11 Å². The van der Waals surface area contributed by atoms with E-state index >= 15 is 0 Å². The average Bonchev–Trinajstić information content (AvgIpc) is 2.54. The fourth-order valence-electron chi connectivity index (χ4n) is 2.81. The van der Waals surface area contributed by atoms with Crippen molar-refractivity contribution in [2.75, 3.05) is 20.3 Å². The molecular formula is C17H26N2O3. The summed E-state index contributed by atoms with van der Waals surface area (Å²) in [5.41, 5.74) is 0. The summed E-state index contributed by atoms with van der Waals surface area (Å²) in [5.74, 6) is 1.94. The summed E-state index contributed by atoms with van der Waals surface area (Å²) in [4.78, 5) is 11.9. The second-order valence-electron chi connectivity index (χ2n) is 5.77. The van der Waals surface area contributed by atoms with Gasteiger partial charge >= 0.3 is 6.03 Å². The maximum atomic E-state index is 11.9. The molecule has 0 radical (unpaired) electrons. The third kappa shape index (κ3) is 4.83. The summed E-state index contributed by atoms with van der Waals surface area (Å²) in [6, 6.07) is 7.67. The molecule has 1 aromatic carbocycles. The van der Waals surface area contributed by atoms with E-state index in [0.717, 1.165) is 6.42 Å². The molecule has 2 N–H and O–H groups in total. The lowest BCUT2D eigenvalue weighted by Gasteiger charge is -2.29. The summed E-state index contributed by atoms with van der Waals surface area (Å²) in [6.07, 6.45) is 4.74. The van der Waals surface area contributed by atoms with Gasteiger partial charge in [-0.3, -0.25) is 0 Å². The van der Waals surface area contributed by atoms with Gasteiger partial charge in [-0.15, -0.1) is 0 Å². The molecule has 1 saturated carbocycles. The molecule has 0 saturated heterocycles. The molecule has 0 aliphatic heterocycles. The Kier molecular flexibility index (Phi) is 6.37. The number of amides is 2. The van der Waals surface area contributed by atoms with Gasteiger partial charge in [-0.05, 0) is 30.9 Å². The second-order valence-corrected chi connectivity index (χ2v) is 5.77. The number of ether oxygens (including phenoxy) is 2. The van der Waals surface area contributed by atoms with Crippen LogP contribution in [0.25, 0.3) is 0 Å². The Labute approximate surface area is 132 Å². The van der Waals surface area contributed by atoms with Crippen LogP contribution in [-0.4, -0.2) is 32.3 Å². The van der Waals surface area contributed by atoms with Crippen LogP contribution in [0.15, 0.2) is 24.3 Å². The van der Waals surface area contributed by atoms with E-state index in [0.29, 0.717) is 36.6 Å². The predicted molar refractivity (Wildman–Crippen MR) is 86.4 cm³/mol. The minimum atomic E-state index is -0.109. The topological polar surface area (TPSA) is 59.6 Å². The van der Waals surface area contributed by atoms with Crippen molar-refractivity contribution in [2.24, 2.45) is 5.92 Å². The van der Waals surface area contributed by atoms with Gasteiger partial charge < -0.3 is 20.1 Å². The molecule has 0 spiro atoms. The molecule has 2 atom stereocenters. The van der Waals surface area contributed by atoms with Crippen molar-refractivity contribution in [3.63, 3.8) is 0 Å². The Morgan fingerprint density at radius 1 is 1.23 bits per heavy atom. The minimum Gasteiger partial charge on any atom is -0.493 e. The van der Waals surface area contributed by atoms with Gasteiger partial charge in [-0.2, -0.15) is 0 Å². The van der Waals surface area contributed by atoms with Crippen LogP contribution < -0.4 is 20.1 Å². The maximum absolute atomic E-state index is 11.9. The highest BCUT2D eigenvalue weighted by molar-refractivity contribution is 5.74. The van der Waals surface area contributed by atoms with E-state index in [9.17, 15) is 4.79 Å². The maximum Gasteiger partial charge on any atom is 0.315 e. The number of carbonyl (C=O) groups is 1. The van der Waals surface area contributed by atoms with Gasteiger partial charge in [-0.1, -0.05) is 31.9 Å². The summed E-state index contributed by atoms with van der Waals surface area (Å²) in [7, 11) is 1.61. The highest BCUT2D eigenvalue weighted by atomic mass is 16.5. The third-order valence-electron chi connectivity index (χ3n) is 4.14. The van der Waals surface area contributed by atoms with Crippen molar-refractivity contribution in [3.05, 3.63) is 24.3 Å². The Balaban J connectivity index is 1.66. The van der Waals surface area contributed by atoms with Gasteiger partial charge in [0.15, 0.2) is 11.5 Å². The summed E-state index contributed by atoms with van der Waals surface area (Å²) >= 11 is 0. The fraction of sp³-hybridized carbons (Fsp3) is 0.588. The fourth-order valence-corrected chi connectivity index (χ4v) is 2.81. The molecule has 0 unspecified atom stereocenters. The van der Waals surface area contributed by atoms with Crippen LogP contribution in [0.1, 0.15) is 32.6 Å². The molecule has 0 heterocycles. The number of methoxy groups -OCH3 is 1. The molecule has 1 aliphatic carbocycles. The number of hydrogen-bond acceptors (Lipinski definition) is 3. The van der Waals surface area contributed by atoms with Gasteiger partial charge in [0.1, 0.15) is 6.61 Å². The second kappa shape index (κ2) is 8.51. The van der Waals surface area contributed by atoms with Crippen molar-refractivity contribution >= 4 is 6.03 Å². The molecule has 1 aliphatic rings. The first-order valence-electron chi connectivity index (χ1n) is 8.01. The van der Waals surface area contributed by atoms with Gasteiger partial charge in [0.05, 0.1) is 13.7 Å². The molecule has 1 fully saturated rings. The Morgan fingerprint density at radius 2 is 1.95 bits per heavy atom. The minimum absolute atomic E-state index is 0.109. The molecule has 0 bridgehead atoms. The predicted octanol–water partition coefficient (Wildman–Crippen LogP) is 2.95.